The van der Waals surface area contributed by atoms with Crippen LogP contribution in [0.3, 0.4) is 0 Å². The maximum Gasteiger partial charge on any atom is 0.309 e. The van der Waals surface area contributed by atoms with Crippen molar-refractivity contribution in [1.29, 1.82) is 0 Å². The quantitative estimate of drug-likeness (QED) is 0.448. The number of hydrogen-bond donors (Lipinski definition) is 2. The highest BCUT2D eigenvalue weighted by Gasteiger charge is 2.42. The zero-order chi connectivity index (χ0) is 26.6. The lowest BCUT2D eigenvalue weighted by Gasteiger charge is -2.34. The number of aryl methyl sites for hydroxylation is 1. The molecule has 0 radical (unpaired) electrons. The van der Waals surface area contributed by atoms with E-state index in [-0.39, 0.29) is 24.7 Å². The van der Waals surface area contributed by atoms with Gasteiger partial charge < -0.3 is 19.7 Å². The van der Waals surface area contributed by atoms with Gasteiger partial charge in [0.25, 0.3) is 0 Å². The second-order valence-corrected chi connectivity index (χ2v) is 11.9. The molecule has 196 valence electrons. The zero-order valence-electron chi connectivity index (χ0n) is 22.2. The number of hydrogen-bond acceptors (Lipinski definition) is 8. The van der Waals surface area contributed by atoms with E-state index in [0.717, 1.165) is 16.3 Å². The second-order valence-electron chi connectivity index (χ2n) is 10.8. The molecule has 5 atom stereocenters. The Labute approximate surface area is 213 Å². The Kier molecular flexibility index (Phi) is 9.99. The van der Waals surface area contributed by atoms with E-state index in [1.165, 1.54) is 11.3 Å². The summed E-state index contributed by atoms with van der Waals surface area (Å²) in [6.07, 6.45) is 3.07. The molecule has 7 nitrogen and oxygen atoms in total. The van der Waals surface area contributed by atoms with Crippen molar-refractivity contribution in [3.05, 3.63) is 33.8 Å². The Morgan fingerprint density at radius 2 is 1.86 bits per heavy atom. The summed E-state index contributed by atoms with van der Waals surface area (Å²) in [6.45, 7) is 14.5. The molecular weight excluding hydrogens is 466 g/mol. The summed E-state index contributed by atoms with van der Waals surface area (Å²) >= 11 is 1.54. The van der Waals surface area contributed by atoms with E-state index in [1.807, 2.05) is 58.2 Å². The first-order chi connectivity index (χ1) is 16.1. The SMILES string of the molecule is C/C(=C\c1csc(C)n1)C1COC(C)(C)C/C=C/C(C)C(O)C(C)C(=O)C(C)(C)[C@@H](O)CC(=O)O1. The fraction of sp³-hybridized carbons (Fsp3) is 0.667. The van der Waals surface area contributed by atoms with Gasteiger partial charge in [-0.25, -0.2) is 4.98 Å². The first kappa shape index (κ1) is 29.4. The third-order valence-corrected chi connectivity index (χ3v) is 7.55. The summed E-state index contributed by atoms with van der Waals surface area (Å²) in [5, 5.41) is 24.5. The number of aliphatic hydroxyl groups is 2. The molecule has 1 aromatic rings. The summed E-state index contributed by atoms with van der Waals surface area (Å²) < 4.78 is 11.9. The number of esters is 1. The van der Waals surface area contributed by atoms with E-state index in [9.17, 15) is 19.8 Å². The van der Waals surface area contributed by atoms with Gasteiger partial charge in [-0.1, -0.05) is 39.8 Å². The fourth-order valence-corrected chi connectivity index (χ4v) is 4.62. The van der Waals surface area contributed by atoms with Crippen LogP contribution in [0.15, 0.2) is 23.1 Å². The van der Waals surface area contributed by atoms with Crippen molar-refractivity contribution in [2.75, 3.05) is 6.61 Å². The van der Waals surface area contributed by atoms with E-state index in [4.69, 9.17) is 9.47 Å². The molecule has 0 bridgehead atoms. The minimum atomic E-state index is -1.26. The molecule has 8 heteroatoms. The number of ether oxygens (including phenoxy) is 2. The van der Waals surface area contributed by atoms with Crippen molar-refractivity contribution in [3.63, 3.8) is 0 Å². The van der Waals surface area contributed by atoms with Crippen LogP contribution >= 0.6 is 11.3 Å². The Balaban J connectivity index is 2.37. The normalized spacial score (nSPS) is 32.2. The van der Waals surface area contributed by atoms with Gasteiger partial charge >= 0.3 is 5.97 Å². The van der Waals surface area contributed by atoms with Crippen molar-refractivity contribution < 1.29 is 29.3 Å². The minimum absolute atomic E-state index is 0.131. The number of carbonyl (C=O) groups excluding carboxylic acids is 2. The fourth-order valence-electron chi connectivity index (χ4n) is 4.05. The number of cyclic esters (lactones) is 1. The van der Waals surface area contributed by atoms with Gasteiger partial charge in [-0.15, -0.1) is 11.3 Å². The van der Waals surface area contributed by atoms with E-state index in [2.05, 4.69) is 4.98 Å². The molecule has 0 aromatic carbocycles. The standard InChI is InChI=1S/C27H41NO6S/c1-16-10-9-11-26(5,6)33-14-21(17(2)12-20-15-35-19(4)28-20)34-23(30)13-22(29)27(7,8)25(32)18(3)24(16)31/h9-10,12,15-16,18,21-22,24,29,31H,11,13-14H2,1-8H3/b10-9+,17-12+/t16?,18?,21?,22-,24?/m0/s1. The molecule has 0 amide bonds. The molecule has 0 saturated heterocycles. The predicted octanol–water partition coefficient (Wildman–Crippen LogP) is 4.50. The third-order valence-electron chi connectivity index (χ3n) is 6.76. The monoisotopic (exact) mass is 507 g/mol. The smallest absolute Gasteiger partial charge is 0.309 e. The van der Waals surface area contributed by atoms with E-state index < -0.39 is 41.2 Å². The number of nitrogens with zero attached hydrogens (tertiary/aromatic N) is 1. The molecule has 4 unspecified atom stereocenters. The Hall–Kier alpha value is -1.87. The Bertz CT molecular complexity index is 947. The van der Waals surface area contributed by atoms with Crippen molar-refractivity contribution in [3.8, 4) is 0 Å². The molecule has 1 aliphatic heterocycles. The van der Waals surface area contributed by atoms with Crippen LogP contribution in [0.25, 0.3) is 6.08 Å². The lowest BCUT2D eigenvalue weighted by atomic mass is 9.73. The molecule has 35 heavy (non-hydrogen) atoms. The number of aliphatic hydroxyl groups excluding tert-OH is 2. The van der Waals surface area contributed by atoms with Gasteiger partial charge in [-0.3, -0.25) is 9.59 Å². The van der Waals surface area contributed by atoms with Crippen LogP contribution in [0.2, 0.25) is 0 Å². The van der Waals surface area contributed by atoms with Crippen LogP contribution in [0.4, 0.5) is 0 Å². The largest absolute Gasteiger partial charge is 0.455 e. The summed E-state index contributed by atoms with van der Waals surface area (Å²) in [7, 11) is 0. The summed E-state index contributed by atoms with van der Waals surface area (Å²) in [5.74, 6) is -1.91. The highest BCUT2D eigenvalue weighted by molar-refractivity contribution is 7.09. The van der Waals surface area contributed by atoms with Crippen LogP contribution in [-0.2, 0) is 19.1 Å². The lowest BCUT2D eigenvalue weighted by Crippen LogP contribution is -2.45. The highest BCUT2D eigenvalue weighted by atomic mass is 32.1. The molecule has 1 aromatic heterocycles. The average Bonchev–Trinajstić information content (AvgIpc) is 3.18. The molecule has 0 saturated carbocycles. The maximum absolute atomic E-state index is 13.2. The number of Topliss-reactive ketones (excluding diaryl/α,β-unsaturated/α-hetero) is 1. The van der Waals surface area contributed by atoms with Gasteiger partial charge in [0.05, 0.1) is 47.0 Å². The lowest BCUT2D eigenvalue weighted by molar-refractivity contribution is -0.158. The van der Waals surface area contributed by atoms with E-state index in [1.54, 1.807) is 20.8 Å². The summed E-state index contributed by atoms with van der Waals surface area (Å²) in [6, 6.07) is 0. The zero-order valence-corrected chi connectivity index (χ0v) is 23.0. The number of rotatable bonds is 2. The van der Waals surface area contributed by atoms with E-state index >= 15 is 0 Å². The number of thiazole rings is 1. The maximum atomic E-state index is 13.2. The highest BCUT2D eigenvalue weighted by Crippen LogP contribution is 2.32. The first-order valence-electron chi connectivity index (χ1n) is 12.1. The third kappa shape index (κ3) is 8.07. The molecule has 2 rings (SSSR count). The van der Waals surface area contributed by atoms with Gasteiger partial charge in [0.1, 0.15) is 11.9 Å². The van der Waals surface area contributed by atoms with Gasteiger partial charge in [0.15, 0.2) is 0 Å². The number of ketones is 1. The van der Waals surface area contributed by atoms with Crippen molar-refractivity contribution in [2.24, 2.45) is 17.3 Å². The number of carbonyl (C=O) groups is 2. The predicted molar refractivity (Wildman–Crippen MR) is 138 cm³/mol. The van der Waals surface area contributed by atoms with Crippen LogP contribution in [0.1, 0.15) is 72.0 Å². The van der Waals surface area contributed by atoms with Gasteiger partial charge in [0.2, 0.25) is 0 Å². The molecule has 2 N–H and O–H groups in total. The van der Waals surface area contributed by atoms with Crippen LogP contribution in [-0.4, -0.2) is 57.5 Å². The second kappa shape index (κ2) is 11.9. The molecule has 0 fully saturated rings. The molecule has 0 aliphatic carbocycles. The molecular formula is C27H41NO6S. The summed E-state index contributed by atoms with van der Waals surface area (Å²) in [4.78, 5) is 30.5. The van der Waals surface area contributed by atoms with Crippen molar-refractivity contribution >= 4 is 29.2 Å². The van der Waals surface area contributed by atoms with E-state index in [0.29, 0.717) is 6.42 Å². The van der Waals surface area contributed by atoms with Crippen LogP contribution < -0.4 is 0 Å². The van der Waals surface area contributed by atoms with Crippen molar-refractivity contribution in [1.82, 2.24) is 4.98 Å². The molecule has 2 heterocycles. The molecule has 1 aliphatic rings. The van der Waals surface area contributed by atoms with Gasteiger partial charge in [-0.05, 0) is 45.8 Å². The topological polar surface area (TPSA) is 106 Å². The van der Waals surface area contributed by atoms with Gasteiger partial charge in [0, 0.05) is 17.2 Å². The average molecular weight is 508 g/mol. The number of aromatic nitrogens is 1. The molecule has 0 spiro atoms. The van der Waals surface area contributed by atoms with Gasteiger partial charge in [-0.2, -0.15) is 0 Å². The Morgan fingerprint density at radius 3 is 2.46 bits per heavy atom. The summed E-state index contributed by atoms with van der Waals surface area (Å²) in [5.41, 5.74) is -0.241. The van der Waals surface area contributed by atoms with Crippen molar-refractivity contribution in [2.45, 2.75) is 92.1 Å². The minimum Gasteiger partial charge on any atom is -0.455 e. The van der Waals surface area contributed by atoms with Crippen LogP contribution in [0.5, 0.6) is 0 Å². The Morgan fingerprint density at radius 1 is 1.20 bits per heavy atom. The van der Waals surface area contributed by atoms with Crippen LogP contribution in [0, 0.1) is 24.2 Å². The first-order valence-corrected chi connectivity index (χ1v) is 13.0.